The molecule has 2 aromatic heterocycles. The van der Waals surface area contributed by atoms with Crippen molar-refractivity contribution < 1.29 is 4.79 Å². The van der Waals surface area contributed by atoms with Crippen LogP contribution in [0.15, 0.2) is 23.1 Å². The highest BCUT2D eigenvalue weighted by atomic mass is 16.2. The van der Waals surface area contributed by atoms with Crippen molar-refractivity contribution in [1.82, 2.24) is 9.55 Å². The lowest BCUT2D eigenvalue weighted by Gasteiger charge is -2.10. The molecule has 2 aliphatic carbocycles. The summed E-state index contributed by atoms with van der Waals surface area (Å²) >= 11 is 0. The summed E-state index contributed by atoms with van der Waals surface area (Å²) in [6, 6.07) is 4.02. The first-order valence-electron chi connectivity index (χ1n) is 7.47. The largest absolute Gasteiger partial charge is 0.312 e. The van der Waals surface area contributed by atoms with Crippen LogP contribution in [0.25, 0.3) is 10.9 Å². The van der Waals surface area contributed by atoms with Crippen molar-refractivity contribution in [3.63, 3.8) is 0 Å². The molecule has 1 N–H and O–H groups in total. The van der Waals surface area contributed by atoms with E-state index in [0.717, 1.165) is 31.2 Å². The zero-order chi connectivity index (χ0) is 14.6. The van der Waals surface area contributed by atoms with E-state index in [4.69, 9.17) is 0 Å². The van der Waals surface area contributed by atoms with Crippen molar-refractivity contribution in [2.75, 3.05) is 5.32 Å². The molecular weight excluding hydrogens is 266 g/mol. The highest BCUT2D eigenvalue weighted by molar-refractivity contribution is 5.94. The maximum Gasteiger partial charge on any atom is 0.260 e. The number of aryl methyl sites for hydroxylation is 1. The first-order valence-corrected chi connectivity index (χ1v) is 7.47. The summed E-state index contributed by atoms with van der Waals surface area (Å²) in [7, 11) is 0. The van der Waals surface area contributed by atoms with E-state index in [1.165, 1.54) is 0 Å². The van der Waals surface area contributed by atoms with Crippen LogP contribution in [0.1, 0.15) is 37.3 Å². The number of carbonyl (C=O) groups excluding carboxylic acids is 1. The van der Waals surface area contributed by atoms with Crippen molar-refractivity contribution in [1.29, 1.82) is 0 Å². The van der Waals surface area contributed by atoms with Gasteiger partial charge in [0.1, 0.15) is 5.82 Å². The monoisotopic (exact) mass is 283 g/mol. The molecule has 0 bridgehead atoms. The standard InChI is InChI=1S/C16H17N3O2/c1-9-8-13(18-15(20)10-2-3-10)17-12-6-7-19(11-4-5-11)16(21)14(9)12/h6-8,10-11H,2-5H2,1H3,(H,17,18,20). The molecule has 108 valence electrons. The van der Waals surface area contributed by atoms with Crippen molar-refractivity contribution in [3.05, 3.63) is 34.2 Å². The molecule has 0 atom stereocenters. The van der Waals surface area contributed by atoms with Crippen LogP contribution in [0, 0.1) is 12.8 Å². The Morgan fingerprint density at radius 3 is 2.76 bits per heavy atom. The minimum Gasteiger partial charge on any atom is -0.312 e. The molecule has 0 unspecified atom stereocenters. The van der Waals surface area contributed by atoms with E-state index in [0.29, 0.717) is 22.8 Å². The number of fused-ring (bicyclic) bond motifs is 1. The number of rotatable bonds is 3. The van der Waals surface area contributed by atoms with Gasteiger partial charge in [0, 0.05) is 18.2 Å². The van der Waals surface area contributed by atoms with E-state index < -0.39 is 0 Å². The Labute approximate surface area is 122 Å². The fraction of sp³-hybridized carbons (Fsp3) is 0.438. The van der Waals surface area contributed by atoms with Crippen molar-refractivity contribution in [2.24, 2.45) is 5.92 Å². The van der Waals surface area contributed by atoms with Crippen LogP contribution in [-0.2, 0) is 4.79 Å². The Bertz CT molecular complexity index is 801. The lowest BCUT2D eigenvalue weighted by atomic mass is 10.1. The highest BCUT2D eigenvalue weighted by Crippen LogP contribution is 2.34. The average Bonchev–Trinajstić information content (AvgIpc) is 3.30. The number of hydrogen-bond donors (Lipinski definition) is 1. The van der Waals surface area contributed by atoms with E-state index in [1.807, 2.05) is 19.2 Å². The summed E-state index contributed by atoms with van der Waals surface area (Å²) in [6.07, 6.45) is 5.90. The van der Waals surface area contributed by atoms with Crippen LogP contribution in [0.5, 0.6) is 0 Å². The molecule has 2 aromatic rings. The summed E-state index contributed by atoms with van der Waals surface area (Å²) in [5, 5.41) is 3.51. The Balaban J connectivity index is 1.77. The summed E-state index contributed by atoms with van der Waals surface area (Å²) in [5.74, 6) is 0.721. The third-order valence-corrected chi connectivity index (χ3v) is 4.23. The second-order valence-electron chi connectivity index (χ2n) is 6.11. The van der Waals surface area contributed by atoms with Gasteiger partial charge in [-0.15, -0.1) is 0 Å². The number of aromatic nitrogens is 2. The topological polar surface area (TPSA) is 64.0 Å². The van der Waals surface area contributed by atoms with Crippen LogP contribution in [0.3, 0.4) is 0 Å². The zero-order valence-corrected chi connectivity index (χ0v) is 11.9. The lowest BCUT2D eigenvalue weighted by molar-refractivity contribution is -0.117. The molecule has 5 nitrogen and oxygen atoms in total. The Kier molecular flexibility index (Phi) is 2.64. The minimum absolute atomic E-state index is 0.0278. The van der Waals surface area contributed by atoms with Gasteiger partial charge >= 0.3 is 0 Å². The van der Waals surface area contributed by atoms with Gasteiger partial charge in [0.2, 0.25) is 5.91 Å². The fourth-order valence-corrected chi connectivity index (χ4v) is 2.72. The first-order chi connectivity index (χ1) is 10.1. The predicted molar refractivity (Wildman–Crippen MR) is 80.4 cm³/mol. The van der Waals surface area contributed by atoms with Gasteiger partial charge in [-0.3, -0.25) is 9.59 Å². The van der Waals surface area contributed by atoms with E-state index >= 15 is 0 Å². The molecule has 0 aliphatic heterocycles. The van der Waals surface area contributed by atoms with Crippen LogP contribution in [0.2, 0.25) is 0 Å². The molecular formula is C16H17N3O2. The van der Waals surface area contributed by atoms with Gasteiger partial charge in [0.25, 0.3) is 5.56 Å². The maximum atomic E-state index is 12.5. The third kappa shape index (κ3) is 2.22. The van der Waals surface area contributed by atoms with E-state index in [2.05, 4.69) is 10.3 Å². The lowest BCUT2D eigenvalue weighted by Crippen LogP contribution is -2.20. The summed E-state index contributed by atoms with van der Waals surface area (Å²) in [5.41, 5.74) is 1.55. The van der Waals surface area contributed by atoms with Crippen LogP contribution in [0.4, 0.5) is 5.82 Å². The summed E-state index contributed by atoms with van der Waals surface area (Å²) in [6.45, 7) is 1.90. The van der Waals surface area contributed by atoms with Crippen molar-refractivity contribution >= 4 is 22.6 Å². The molecule has 21 heavy (non-hydrogen) atoms. The molecule has 2 aliphatic rings. The third-order valence-electron chi connectivity index (χ3n) is 4.23. The Morgan fingerprint density at radius 2 is 2.10 bits per heavy atom. The number of nitrogens with one attached hydrogen (secondary N) is 1. The molecule has 0 spiro atoms. The van der Waals surface area contributed by atoms with E-state index in [1.54, 1.807) is 10.6 Å². The molecule has 2 heterocycles. The number of carbonyl (C=O) groups is 1. The van der Waals surface area contributed by atoms with Gasteiger partial charge in [0.05, 0.1) is 10.9 Å². The second kappa shape index (κ2) is 4.41. The summed E-state index contributed by atoms with van der Waals surface area (Å²) < 4.78 is 1.81. The van der Waals surface area contributed by atoms with Crippen LogP contribution < -0.4 is 10.9 Å². The SMILES string of the molecule is Cc1cc(NC(=O)C2CC2)nc2ccn(C3CC3)c(=O)c12. The molecule has 4 rings (SSSR count). The van der Waals surface area contributed by atoms with Gasteiger partial charge in [-0.25, -0.2) is 4.98 Å². The molecule has 0 radical (unpaired) electrons. The molecule has 5 heteroatoms. The van der Waals surface area contributed by atoms with E-state index in [-0.39, 0.29) is 17.4 Å². The Hall–Kier alpha value is -2.17. The molecule has 2 saturated carbocycles. The van der Waals surface area contributed by atoms with Gasteiger partial charge in [-0.05, 0) is 50.3 Å². The highest BCUT2D eigenvalue weighted by Gasteiger charge is 2.30. The molecule has 0 saturated heterocycles. The van der Waals surface area contributed by atoms with E-state index in [9.17, 15) is 9.59 Å². The molecule has 1 amide bonds. The normalized spacial score (nSPS) is 18.0. The number of anilines is 1. The molecule has 2 fully saturated rings. The average molecular weight is 283 g/mol. The van der Waals surface area contributed by atoms with Gasteiger partial charge in [-0.2, -0.15) is 0 Å². The van der Waals surface area contributed by atoms with Crippen molar-refractivity contribution in [2.45, 2.75) is 38.6 Å². The maximum absolute atomic E-state index is 12.5. The smallest absolute Gasteiger partial charge is 0.260 e. The number of amides is 1. The number of pyridine rings is 2. The molecule has 0 aromatic carbocycles. The van der Waals surface area contributed by atoms with Gasteiger partial charge in [-0.1, -0.05) is 0 Å². The quantitative estimate of drug-likeness (QED) is 0.940. The van der Waals surface area contributed by atoms with Crippen LogP contribution in [-0.4, -0.2) is 15.5 Å². The number of nitrogens with zero attached hydrogens (tertiary/aromatic N) is 2. The predicted octanol–water partition coefficient (Wildman–Crippen LogP) is 2.39. The number of hydrogen-bond acceptors (Lipinski definition) is 3. The first kappa shape index (κ1) is 12.6. The van der Waals surface area contributed by atoms with Crippen LogP contribution >= 0.6 is 0 Å². The van der Waals surface area contributed by atoms with Gasteiger partial charge in [0.15, 0.2) is 0 Å². The second-order valence-corrected chi connectivity index (χ2v) is 6.11. The van der Waals surface area contributed by atoms with Gasteiger partial charge < -0.3 is 9.88 Å². The summed E-state index contributed by atoms with van der Waals surface area (Å²) in [4.78, 5) is 28.8. The fourth-order valence-electron chi connectivity index (χ4n) is 2.72. The minimum atomic E-state index is 0.0278. The Morgan fingerprint density at radius 1 is 1.33 bits per heavy atom. The van der Waals surface area contributed by atoms with Crippen molar-refractivity contribution in [3.8, 4) is 0 Å². The zero-order valence-electron chi connectivity index (χ0n) is 11.9.